The van der Waals surface area contributed by atoms with Crippen LogP contribution in [0.2, 0.25) is 0 Å². The Kier molecular flexibility index (Phi) is 16.2. The third kappa shape index (κ3) is 10.5. The minimum absolute atomic E-state index is 0.0971. The Morgan fingerprint density at radius 2 is 0.743 bits per heavy atom. The van der Waals surface area contributed by atoms with Crippen molar-refractivity contribution in [3.63, 3.8) is 0 Å². The standard InChI is InChI=1S/C23H38N6O4S2/c1-23(2,34(30,31)28(19-11-3-7-15-24)20-12-4-8-16-25)35(32,33)29(21-13-5-9-17-26)22-14-6-10-18-27/h3-14,19-22H2,1-2H3. The summed E-state index contributed by atoms with van der Waals surface area (Å²) in [5, 5.41) is 35.1. The lowest BCUT2D eigenvalue weighted by Crippen LogP contribution is -2.55. The number of hydrogen-bond acceptors (Lipinski definition) is 8. The molecule has 10 nitrogen and oxygen atoms in total. The van der Waals surface area contributed by atoms with Crippen LogP contribution in [-0.2, 0) is 20.0 Å². The average Bonchev–Trinajstić information content (AvgIpc) is 2.81. The molecule has 0 aromatic rings. The van der Waals surface area contributed by atoms with Crippen LogP contribution in [0.4, 0.5) is 0 Å². The van der Waals surface area contributed by atoms with E-state index in [9.17, 15) is 16.8 Å². The SMILES string of the molecule is CC(C)(S(=O)(=O)N(CCCCC#N)CCCCC#N)S(=O)(=O)N(CCCCC#N)CCCCC#N. The second-order valence-corrected chi connectivity index (χ2v) is 13.9. The molecule has 0 fully saturated rings. The van der Waals surface area contributed by atoms with E-state index >= 15 is 0 Å². The number of unbranched alkanes of at least 4 members (excludes halogenated alkanes) is 8. The van der Waals surface area contributed by atoms with Gasteiger partial charge >= 0.3 is 0 Å². The van der Waals surface area contributed by atoms with Crippen molar-refractivity contribution in [2.45, 2.75) is 95.0 Å². The summed E-state index contributed by atoms with van der Waals surface area (Å²) in [6, 6.07) is 8.08. The van der Waals surface area contributed by atoms with E-state index in [-0.39, 0.29) is 51.9 Å². The fourth-order valence-corrected chi connectivity index (χ4v) is 7.85. The van der Waals surface area contributed by atoms with E-state index in [1.54, 1.807) is 0 Å². The highest BCUT2D eigenvalue weighted by Crippen LogP contribution is 2.31. The molecule has 0 rings (SSSR count). The van der Waals surface area contributed by atoms with Gasteiger partial charge in [0, 0.05) is 51.9 Å². The van der Waals surface area contributed by atoms with E-state index < -0.39 is 24.1 Å². The predicted octanol–water partition coefficient (Wildman–Crippen LogP) is 3.76. The highest BCUT2D eigenvalue weighted by molar-refractivity contribution is 8.08. The average molecular weight is 527 g/mol. The Morgan fingerprint density at radius 3 is 0.943 bits per heavy atom. The molecule has 0 aromatic carbocycles. The number of hydrogen-bond donors (Lipinski definition) is 0. The van der Waals surface area contributed by atoms with Crippen molar-refractivity contribution in [3.05, 3.63) is 0 Å². The monoisotopic (exact) mass is 526 g/mol. The molecule has 0 aliphatic heterocycles. The van der Waals surface area contributed by atoms with Gasteiger partial charge in [-0.2, -0.15) is 21.0 Å². The number of nitriles is 4. The molecule has 0 aromatic heterocycles. The summed E-state index contributed by atoms with van der Waals surface area (Å²) in [4.78, 5) is 0. The summed E-state index contributed by atoms with van der Waals surface area (Å²) in [5.74, 6) is 0. The second kappa shape index (κ2) is 17.2. The molecule has 0 radical (unpaired) electrons. The Bertz CT molecular complexity index is 875. The molecular formula is C23H38N6O4S2. The zero-order valence-electron chi connectivity index (χ0n) is 20.9. The summed E-state index contributed by atoms with van der Waals surface area (Å²) >= 11 is 0. The molecule has 0 bridgehead atoms. The van der Waals surface area contributed by atoms with E-state index in [1.807, 2.05) is 24.3 Å². The second-order valence-electron chi connectivity index (χ2n) is 8.67. The van der Waals surface area contributed by atoms with Crippen LogP contribution in [0.1, 0.15) is 90.9 Å². The van der Waals surface area contributed by atoms with Gasteiger partial charge in [0.2, 0.25) is 20.0 Å². The van der Waals surface area contributed by atoms with Gasteiger partial charge in [-0.05, 0) is 65.2 Å². The maximum absolute atomic E-state index is 13.7. The molecule has 0 N–H and O–H groups in total. The summed E-state index contributed by atoms with van der Waals surface area (Å²) in [5.41, 5.74) is 0. The van der Waals surface area contributed by atoms with Crippen LogP contribution >= 0.6 is 0 Å². The zero-order chi connectivity index (χ0) is 26.8. The Morgan fingerprint density at radius 1 is 0.514 bits per heavy atom. The lowest BCUT2D eigenvalue weighted by Gasteiger charge is -2.36. The lowest BCUT2D eigenvalue weighted by molar-refractivity contribution is 0.367. The van der Waals surface area contributed by atoms with E-state index in [1.165, 1.54) is 22.5 Å². The molecule has 196 valence electrons. The van der Waals surface area contributed by atoms with E-state index in [2.05, 4.69) is 0 Å². The van der Waals surface area contributed by atoms with Crippen LogP contribution in [0.5, 0.6) is 0 Å². The van der Waals surface area contributed by atoms with Crippen LogP contribution in [0.25, 0.3) is 0 Å². The third-order valence-electron chi connectivity index (χ3n) is 5.71. The normalized spacial score (nSPS) is 12.1. The Hall–Kier alpha value is -2.22. The fraction of sp³-hybridized carbons (Fsp3) is 0.826. The molecule has 35 heavy (non-hydrogen) atoms. The predicted molar refractivity (Wildman–Crippen MR) is 133 cm³/mol. The Labute approximate surface area is 211 Å². The highest BCUT2D eigenvalue weighted by atomic mass is 32.3. The molecule has 12 heteroatoms. The van der Waals surface area contributed by atoms with Crippen LogP contribution in [0.3, 0.4) is 0 Å². The smallest absolute Gasteiger partial charge is 0.210 e. The first-order valence-electron chi connectivity index (χ1n) is 12.0. The van der Waals surface area contributed by atoms with Crippen molar-refractivity contribution in [1.82, 2.24) is 8.61 Å². The minimum atomic E-state index is -4.32. The molecule has 0 aliphatic carbocycles. The molecule has 0 saturated heterocycles. The van der Waals surface area contributed by atoms with Gasteiger partial charge in [0.1, 0.15) is 0 Å². The van der Waals surface area contributed by atoms with Crippen molar-refractivity contribution < 1.29 is 16.8 Å². The maximum Gasteiger partial charge on any atom is 0.235 e. The van der Waals surface area contributed by atoms with Crippen molar-refractivity contribution in [1.29, 1.82) is 21.0 Å². The molecule has 0 unspecified atom stereocenters. The zero-order valence-corrected chi connectivity index (χ0v) is 22.6. The van der Waals surface area contributed by atoms with Crippen molar-refractivity contribution in [2.24, 2.45) is 0 Å². The van der Waals surface area contributed by atoms with Crippen LogP contribution in [-0.4, -0.2) is 55.7 Å². The van der Waals surface area contributed by atoms with Gasteiger partial charge in [0.15, 0.2) is 4.08 Å². The topological polar surface area (TPSA) is 170 Å². The quantitative estimate of drug-likeness (QED) is 0.216. The minimum Gasteiger partial charge on any atom is -0.210 e. The maximum atomic E-state index is 13.7. The van der Waals surface area contributed by atoms with E-state index in [0.717, 1.165) is 0 Å². The molecular weight excluding hydrogens is 488 g/mol. The van der Waals surface area contributed by atoms with E-state index in [0.29, 0.717) is 51.4 Å². The number of sulfonamides is 2. The first-order valence-corrected chi connectivity index (χ1v) is 14.9. The molecule has 0 spiro atoms. The van der Waals surface area contributed by atoms with Crippen LogP contribution in [0, 0.1) is 45.3 Å². The van der Waals surface area contributed by atoms with Gasteiger partial charge in [-0.15, -0.1) is 0 Å². The van der Waals surface area contributed by atoms with Gasteiger partial charge in [0.05, 0.1) is 24.3 Å². The molecule has 0 amide bonds. The molecule has 0 aliphatic rings. The lowest BCUT2D eigenvalue weighted by atomic mass is 10.2. The number of rotatable bonds is 20. The first-order chi connectivity index (χ1) is 16.5. The van der Waals surface area contributed by atoms with Gasteiger partial charge in [0.25, 0.3) is 0 Å². The number of nitrogens with zero attached hydrogens (tertiary/aromatic N) is 6. The van der Waals surface area contributed by atoms with Crippen LogP contribution in [0.15, 0.2) is 0 Å². The van der Waals surface area contributed by atoms with E-state index in [4.69, 9.17) is 21.0 Å². The fourth-order valence-electron chi connectivity index (χ4n) is 3.43. The third-order valence-corrected chi connectivity index (χ3v) is 11.5. The highest BCUT2D eigenvalue weighted by Gasteiger charge is 2.52. The summed E-state index contributed by atoms with van der Waals surface area (Å²) < 4.78 is 55.0. The van der Waals surface area contributed by atoms with Gasteiger partial charge in [-0.1, -0.05) is 0 Å². The molecule has 0 atom stereocenters. The molecule has 0 saturated carbocycles. The van der Waals surface area contributed by atoms with Crippen LogP contribution < -0.4 is 0 Å². The van der Waals surface area contributed by atoms with Crippen molar-refractivity contribution in [3.8, 4) is 24.3 Å². The summed E-state index contributed by atoms with van der Waals surface area (Å²) in [6.07, 6.45) is 4.81. The largest absolute Gasteiger partial charge is 0.235 e. The van der Waals surface area contributed by atoms with Crippen molar-refractivity contribution in [2.75, 3.05) is 26.2 Å². The van der Waals surface area contributed by atoms with Crippen molar-refractivity contribution >= 4 is 20.0 Å². The van der Waals surface area contributed by atoms with Gasteiger partial charge in [-0.25, -0.2) is 25.4 Å². The summed E-state index contributed by atoms with van der Waals surface area (Å²) in [7, 11) is -8.63. The van der Waals surface area contributed by atoms with Gasteiger partial charge in [-0.3, -0.25) is 0 Å². The first kappa shape index (κ1) is 32.8. The van der Waals surface area contributed by atoms with Gasteiger partial charge < -0.3 is 0 Å². The summed E-state index contributed by atoms with van der Waals surface area (Å²) in [6.45, 7) is 2.79. The Balaban J connectivity index is 5.90. The molecule has 0 heterocycles.